The van der Waals surface area contributed by atoms with E-state index in [-0.39, 0.29) is 17.7 Å². The maximum Gasteiger partial charge on any atom is 0.252 e. The standard InChI is InChI=1S/C24H26FN3O3/c1-3-28(4-2)22(29)14-9-15-26-23(30)17-10-5-6-11-18(17)24-27-16-21(31-24)19-12-7-8-13-20(19)25/h5-8,10-13,16H,3-4,9,14-15H2,1-2H3,(H,26,30). The molecule has 1 N–H and O–H groups in total. The van der Waals surface area contributed by atoms with Crippen LogP contribution in [0.25, 0.3) is 22.8 Å². The Morgan fingerprint density at radius 1 is 1.03 bits per heavy atom. The molecule has 6 nitrogen and oxygen atoms in total. The number of aromatic nitrogens is 1. The lowest BCUT2D eigenvalue weighted by molar-refractivity contribution is -0.130. The van der Waals surface area contributed by atoms with Gasteiger partial charge in [0.25, 0.3) is 5.91 Å². The van der Waals surface area contributed by atoms with Crippen LogP contribution in [0.4, 0.5) is 4.39 Å². The second-order valence-electron chi connectivity index (χ2n) is 6.98. The Kier molecular flexibility index (Phi) is 7.54. The summed E-state index contributed by atoms with van der Waals surface area (Å²) in [4.78, 5) is 30.8. The first-order valence-corrected chi connectivity index (χ1v) is 10.4. The number of carbonyl (C=O) groups is 2. The van der Waals surface area contributed by atoms with Crippen molar-refractivity contribution in [3.05, 3.63) is 66.1 Å². The van der Waals surface area contributed by atoms with Crippen molar-refractivity contribution in [1.82, 2.24) is 15.2 Å². The number of rotatable bonds is 9. The van der Waals surface area contributed by atoms with Crippen molar-refractivity contribution in [3.63, 3.8) is 0 Å². The van der Waals surface area contributed by atoms with E-state index in [1.807, 2.05) is 13.8 Å². The Hall–Kier alpha value is -3.48. The Morgan fingerprint density at radius 2 is 1.71 bits per heavy atom. The lowest BCUT2D eigenvalue weighted by Gasteiger charge is -2.18. The largest absolute Gasteiger partial charge is 0.436 e. The fraction of sp³-hybridized carbons (Fsp3) is 0.292. The van der Waals surface area contributed by atoms with Crippen LogP contribution in [0.1, 0.15) is 37.0 Å². The van der Waals surface area contributed by atoms with Crippen LogP contribution in [0.3, 0.4) is 0 Å². The number of oxazole rings is 1. The summed E-state index contributed by atoms with van der Waals surface area (Å²) < 4.78 is 19.8. The van der Waals surface area contributed by atoms with Gasteiger partial charge in [-0.05, 0) is 44.5 Å². The molecule has 3 rings (SSSR count). The van der Waals surface area contributed by atoms with Crippen LogP contribution < -0.4 is 5.32 Å². The molecule has 0 spiro atoms. The number of hydrogen-bond donors (Lipinski definition) is 1. The van der Waals surface area contributed by atoms with Gasteiger partial charge < -0.3 is 14.6 Å². The zero-order valence-corrected chi connectivity index (χ0v) is 17.7. The predicted molar refractivity (Wildman–Crippen MR) is 117 cm³/mol. The molecule has 0 unspecified atom stereocenters. The van der Waals surface area contributed by atoms with E-state index < -0.39 is 5.82 Å². The molecule has 0 saturated carbocycles. The number of hydrogen-bond acceptors (Lipinski definition) is 4. The van der Waals surface area contributed by atoms with Gasteiger partial charge in [0.2, 0.25) is 11.8 Å². The Balaban J connectivity index is 1.68. The van der Waals surface area contributed by atoms with Crippen molar-refractivity contribution in [2.24, 2.45) is 0 Å². The number of nitrogens with zero attached hydrogens (tertiary/aromatic N) is 2. The van der Waals surface area contributed by atoms with E-state index in [1.165, 1.54) is 12.3 Å². The third-order valence-electron chi connectivity index (χ3n) is 5.02. The zero-order valence-electron chi connectivity index (χ0n) is 17.7. The summed E-state index contributed by atoms with van der Waals surface area (Å²) in [5.74, 6) is -0.0777. The summed E-state index contributed by atoms with van der Waals surface area (Å²) in [7, 11) is 0. The van der Waals surface area contributed by atoms with Gasteiger partial charge in [-0.25, -0.2) is 9.37 Å². The molecule has 3 aromatic rings. The van der Waals surface area contributed by atoms with Crippen LogP contribution >= 0.6 is 0 Å². The number of benzene rings is 2. The van der Waals surface area contributed by atoms with Gasteiger partial charge >= 0.3 is 0 Å². The molecule has 0 fully saturated rings. The average Bonchev–Trinajstić information content (AvgIpc) is 3.27. The zero-order chi connectivity index (χ0) is 22.2. The predicted octanol–water partition coefficient (Wildman–Crippen LogP) is 4.53. The first kappa shape index (κ1) is 22.2. The highest BCUT2D eigenvalue weighted by molar-refractivity contribution is 6.00. The van der Waals surface area contributed by atoms with Gasteiger partial charge in [0, 0.05) is 31.6 Å². The summed E-state index contributed by atoms with van der Waals surface area (Å²) in [6.45, 7) is 5.63. The molecule has 2 amide bonds. The molecular formula is C24H26FN3O3. The van der Waals surface area contributed by atoms with Crippen LogP contribution in [-0.4, -0.2) is 41.3 Å². The minimum atomic E-state index is -0.407. The topological polar surface area (TPSA) is 75.4 Å². The van der Waals surface area contributed by atoms with Crippen LogP contribution in [0.5, 0.6) is 0 Å². The normalized spacial score (nSPS) is 10.7. The van der Waals surface area contributed by atoms with Crippen LogP contribution in [0.2, 0.25) is 0 Å². The smallest absolute Gasteiger partial charge is 0.252 e. The highest BCUT2D eigenvalue weighted by Gasteiger charge is 2.18. The van der Waals surface area contributed by atoms with Crippen LogP contribution in [0.15, 0.2) is 59.1 Å². The second-order valence-corrected chi connectivity index (χ2v) is 6.98. The van der Waals surface area contributed by atoms with E-state index in [4.69, 9.17) is 4.42 Å². The van der Waals surface area contributed by atoms with Crippen molar-refractivity contribution >= 4 is 11.8 Å². The SMILES string of the molecule is CCN(CC)C(=O)CCCNC(=O)c1ccccc1-c1ncc(-c2ccccc2F)o1. The van der Waals surface area contributed by atoms with Crippen molar-refractivity contribution in [1.29, 1.82) is 0 Å². The summed E-state index contributed by atoms with van der Waals surface area (Å²) in [6.07, 6.45) is 2.39. The summed E-state index contributed by atoms with van der Waals surface area (Å²) in [6, 6.07) is 13.2. The maximum atomic E-state index is 14.0. The molecule has 162 valence electrons. The third-order valence-corrected chi connectivity index (χ3v) is 5.02. The van der Waals surface area contributed by atoms with Crippen molar-refractivity contribution < 1.29 is 18.4 Å². The van der Waals surface area contributed by atoms with Gasteiger partial charge in [0.05, 0.1) is 17.3 Å². The average molecular weight is 423 g/mol. The molecule has 0 aliphatic heterocycles. The van der Waals surface area contributed by atoms with E-state index in [1.54, 1.807) is 47.4 Å². The molecule has 0 atom stereocenters. The fourth-order valence-corrected chi connectivity index (χ4v) is 3.32. The van der Waals surface area contributed by atoms with E-state index >= 15 is 0 Å². The van der Waals surface area contributed by atoms with Gasteiger partial charge in [0.15, 0.2) is 5.76 Å². The first-order chi connectivity index (χ1) is 15.0. The molecule has 0 aliphatic rings. The van der Waals surface area contributed by atoms with Crippen molar-refractivity contribution in [2.75, 3.05) is 19.6 Å². The number of amides is 2. The molecule has 1 aromatic heterocycles. The molecule has 7 heteroatoms. The summed E-state index contributed by atoms with van der Waals surface area (Å²) in [5.41, 5.74) is 1.22. The molecule has 0 aliphatic carbocycles. The molecule has 0 saturated heterocycles. The van der Waals surface area contributed by atoms with Gasteiger partial charge in [-0.3, -0.25) is 9.59 Å². The van der Waals surface area contributed by atoms with Crippen LogP contribution in [0, 0.1) is 5.82 Å². The molecule has 1 heterocycles. The second kappa shape index (κ2) is 10.5. The highest BCUT2D eigenvalue weighted by Crippen LogP contribution is 2.29. The summed E-state index contributed by atoms with van der Waals surface area (Å²) in [5, 5.41) is 2.85. The van der Waals surface area contributed by atoms with Gasteiger partial charge in [0.1, 0.15) is 5.82 Å². The van der Waals surface area contributed by atoms with Crippen molar-refractivity contribution in [3.8, 4) is 22.8 Å². The minimum absolute atomic E-state index is 0.0834. The highest BCUT2D eigenvalue weighted by atomic mass is 19.1. The molecular weight excluding hydrogens is 397 g/mol. The monoisotopic (exact) mass is 423 g/mol. The Morgan fingerprint density at radius 3 is 2.42 bits per heavy atom. The Labute approximate surface area is 181 Å². The van der Waals surface area contributed by atoms with E-state index in [0.717, 1.165) is 0 Å². The fourth-order valence-electron chi connectivity index (χ4n) is 3.32. The minimum Gasteiger partial charge on any atom is -0.436 e. The third kappa shape index (κ3) is 5.36. The number of nitrogens with one attached hydrogen (secondary N) is 1. The van der Waals surface area contributed by atoms with E-state index in [2.05, 4.69) is 10.3 Å². The molecule has 0 radical (unpaired) electrons. The molecule has 31 heavy (non-hydrogen) atoms. The number of halogens is 1. The number of carbonyl (C=O) groups excluding carboxylic acids is 2. The molecule has 2 aromatic carbocycles. The Bertz CT molecular complexity index is 1040. The lowest BCUT2D eigenvalue weighted by Crippen LogP contribution is -2.31. The van der Waals surface area contributed by atoms with Gasteiger partial charge in [-0.15, -0.1) is 0 Å². The van der Waals surface area contributed by atoms with E-state index in [9.17, 15) is 14.0 Å². The van der Waals surface area contributed by atoms with Gasteiger partial charge in [-0.2, -0.15) is 0 Å². The lowest BCUT2D eigenvalue weighted by atomic mass is 10.1. The summed E-state index contributed by atoms with van der Waals surface area (Å²) >= 11 is 0. The van der Waals surface area contributed by atoms with Crippen LogP contribution in [-0.2, 0) is 4.79 Å². The quantitative estimate of drug-likeness (QED) is 0.513. The first-order valence-electron chi connectivity index (χ1n) is 10.4. The van der Waals surface area contributed by atoms with Gasteiger partial charge in [-0.1, -0.05) is 24.3 Å². The molecule has 0 bridgehead atoms. The maximum absolute atomic E-state index is 14.0. The van der Waals surface area contributed by atoms with Crippen molar-refractivity contribution in [2.45, 2.75) is 26.7 Å². The van der Waals surface area contributed by atoms with E-state index in [0.29, 0.717) is 54.9 Å².